The van der Waals surface area contributed by atoms with Crippen LogP contribution in [0.4, 0.5) is 0 Å². The van der Waals surface area contributed by atoms with Crippen LogP contribution in [0.15, 0.2) is 77.9 Å². The molecule has 7 nitrogen and oxygen atoms in total. The number of rotatable bonds is 7. The molecule has 2 aromatic carbocycles. The van der Waals surface area contributed by atoms with Crippen molar-refractivity contribution in [3.63, 3.8) is 0 Å². The average molecular weight is 402 g/mol. The third kappa shape index (κ3) is 4.10. The van der Waals surface area contributed by atoms with E-state index in [2.05, 4.69) is 10.4 Å². The number of nitrogens with one attached hydrogen (secondary N) is 1. The molecule has 1 amide bonds. The maximum Gasteiger partial charge on any atom is 0.276 e. The Morgan fingerprint density at radius 2 is 1.83 bits per heavy atom. The van der Waals surface area contributed by atoms with Gasteiger partial charge in [0.05, 0.1) is 12.8 Å². The van der Waals surface area contributed by atoms with E-state index in [-0.39, 0.29) is 17.9 Å². The van der Waals surface area contributed by atoms with Crippen molar-refractivity contribution in [1.29, 1.82) is 0 Å². The molecule has 0 saturated heterocycles. The SMILES string of the molecule is COc1ccccc1CNC(=O)CCn1ccn2nc(-c3ccccc3)cc2c1=O. The van der Waals surface area contributed by atoms with Crippen LogP contribution in [-0.2, 0) is 17.9 Å². The van der Waals surface area contributed by atoms with Crippen LogP contribution in [0.3, 0.4) is 0 Å². The zero-order valence-electron chi connectivity index (χ0n) is 16.6. The summed E-state index contributed by atoms with van der Waals surface area (Å²) in [6, 6.07) is 19.0. The average Bonchev–Trinajstić information content (AvgIpc) is 3.23. The van der Waals surface area contributed by atoms with Gasteiger partial charge in [-0.15, -0.1) is 0 Å². The summed E-state index contributed by atoms with van der Waals surface area (Å²) in [5.74, 6) is 0.598. The standard InChI is InChI=1S/C23H22N4O3/c1-30-21-10-6-5-9-18(21)16-24-22(28)11-12-26-13-14-27-20(23(26)29)15-19(25-27)17-7-3-2-4-8-17/h2-10,13-15H,11-12,16H2,1H3,(H,24,28). The lowest BCUT2D eigenvalue weighted by atomic mass is 10.1. The molecule has 0 bridgehead atoms. The van der Waals surface area contributed by atoms with E-state index in [1.54, 1.807) is 30.1 Å². The molecule has 0 atom stereocenters. The molecule has 0 spiro atoms. The van der Waals surface area contributed by atoms with Gasteiger partial charge in [0.15, 0.2) is 0 Å². The van der Waals surface area contributed by atoms with Gasteiger partial charge in [-0.3, -0.25) is 9.59 Å². The molecule has 0 radical (unpaired) electrons. The first-order valence-electron chi connectivity index (χ1n) is 9.68. The number of hydrogen-bond donors (Lipinski definition) is 1. The molecule has 0 saturated carbocycles. The Bertz CT molecular complexity index is 1230. The smallest absolute Gasteiger partial charge is 0.276 e. The number of para-hydroxylation sites is 1. The Labute approximate surface area is 173 Å². The van der Waals surface area contributed by atoms with Gasteiger partial charge in [0.2, 0.25) is 5.91 Å². The summed E-state index contributed by atoms with van der Waals surface area (Å²) in [5.41, 5.74) is 2.89. The van der Waals surface area contributed by atoms with Crippen molar-refractivity contribution in [1.82, 2.24) is 19.5 Å². The molecule has 0 unspecified atom stereocenters. The van der Waals surface area contributed by atoms with Crippen LogP contribution in [0.1, 0.15) is 12.0 Å². The molecule has 0 fully saturated rings. The number of hydrogen-bond acceptors (Lipinski definition) is 4. The summed E-state index contributed by atoms with van der Waals surface area (Å²) < 4.78 is 8.40. The maximum absolute atomic E-state index is 12.8. The van der Waals surface area contributed by atoms with Crippen LogP contribution in [-0.4, -0.2) is 27.2 Å². The number of nitrogens with zero attached hydrogens (tertiary/aromatic N) is 3. The maximum atomic E-state index is 12.8. The minimum absolute atomic E-state index is 0.133. The quantitative estimate of drug-likeness (QED) is 0.516. The van der Waals surface area contributed by atoms with E-state index in [0.29, 0.717) is 18.6 Å². The van der Waals surface area contributed by atoms with E-state index in [4.69, 9.17) is 4.74 Å². The highest BCUT2D eigenvalue weighted by Crippen LogP contribution is 2.18. The first kappa shape index (κ1) is 19.4. The van der Waals surface area contributed by atoms with Crippen molar-refractivity contribution in [2.45, 2.75) is 19.5 Å². The third-order valence-electron chi connectivity index (χ3n) is 4.92. The summed E-state index contributed by atoms with van der Waals surface area (Å²) in [5, 5.41) is 7.35. The van der Waals surface area contributed by atoms with Gasteiger partial charge in [0.25, 0.3) is 5.56 Å². The lowest BCUT2D eigenvalue weighted by Crippen LogP contribution is -2.27. The highest BCUT2D eigenvalue weighted by Gasteiger charge is 2.10. The zero-order valence-corrected chi connectivity index (χ0v) is 16.6. The van der Waals surface area contributed by atoms with Gasteiger partial charge in [-0.25, -0.2) is 4.52 Å². The van der Waals surface area contributed by atoms with Crippen molar-refractivity contribution in [2.75, 3.05) is 7.11 Å². The summed E-state index contributed by atoms with van der Waals surface area (Å²) in [6.07, 6.45) is 3.59. The van der Waals surface area contributed by atoms with Crippen LogP contribution in [0.25, 0.3) is 16.8 Å². The molecular formula is C23H22N4O3. The van der Waals surface area contributed by atoms with Crippen LogP contribution in [0, 0.1) is 0 Å². The van der Waals surface area contributed by atoms with Gasteiger partial charge in [-0.05, 0) is 12.1 Å². The number of amides is 1. The van der Waals surface area contributed by atoms with Gasteiger partial charge >= 0.3 is 0 Å². The van der Waals surface area contributed by atoms with E-state index in [1.165, 1.54) is 4.57 Å². The second-order valence-electron chi connectivity index (χ2n) is 6.86. The normalized spacial score (nSPS) is 10.8. The van der Waals surface area contributed by atoms with Gasteiger partial charge < -0.3 is 14.6 Å². The Hall–Kier alpha value is -3.87. The predicted octanol–water partition coefficient (Wildman–Crippen LogP) is 2.88. The van der Waals surface area contributed by atoms with Gasteiger partial charge in [0.1, 0.15) is 11.3 Å². The number of carbonyl (C=O) groups excluding carboxylic acids is 1. The number of aryl methyl sites for hydroxylation is 1. The highest BCUT2D eigenvalue weighted by atomic mass is 16.5. The zero-order chi connectivity index (χ0) is 20.9. The fourth-order valence-electron chi connectivity index (χ4n) is 3.31. The Kier molecular flexibility index (Phi) is 5.61. The second kappa shape index (κ2) is 8.65. The summed E-state index contributed by atoms with van der Waals surface area (Å²) >= 11 is 0. The van der Waals surface area contributed by atoms with Crippen LogP contribution < -0.4 is 15.6 Å². The largest absolute Gasteiger partial charge is 0.496 e. The first-order valence-corrected chi connectivity index (χ1v) is 9.68. The molecule has 2 aromatic heterocycles. The number of aromatic nitrogens is 3. The topological polar surface area (TPSA) is 77.6 Å². The van der Waals surface area contributed by atoms with Crippen molar-refractivity contribution in [3.8, 4) is 17.0 Å². The molecule has 1 N–H and O–H groups in total. The van der Waals surface area contributed by atoms with Gasteiger partial charge in [-0.1, -0.05) is 48.5 Å². The van der Waals surface area contributed by atoms with Gasteiger partial charge in [-0.2, -0.15) is 5.10 Å². The van der Waals surface area contributed by atoms with Gasteiger partial charge in [0, 0.05) is 43.0 Å². The fourth-order valence-corrected chi connectivity index (χ4v) is 3.31. The van der Waals surface area contributed by atoms with E-state index >= 15 is 0 Å². The summed E-state index contributed by atoms with van der Waals surface area (Å²) in [6.45, 7) is 0.665. The molecular weight excluding hydrogens is 380 g/mol. The molecule has 152 valence electrons. The number of benzene rings is 2. The van der Waals surface area contributed by atoms with E-state index < -0.39 is 0 Å². The molecule has 0 aliphatic rings. The van der Waals surface area contributed by atoms with Crippen molar-refractivity contribution < 1.29 is 9.53 Å². The number of fused-ring (bicyclic) bond motifs is 1. The first-order chi connectivity index (χ1) is 14.7. The monoisotopic (exact) mass is 402 g/mol. The molecule has 7 heteroatoms. The van der Waals surface area contributed by atoms with E-state index in [1.807, 2.05) is 54.6 Å². The Morgan fingerprint density at radius 3 is 2.63 bits per heavy atom. The molecule has 0 aliphatic carbocycles. The van der Waals surface area contributed by atoms with E-state index in [0.717, 1.165) is 22.6 Å². The van der Waals surface area contributed by atoms with Crippen LogP contribution >= 0.6 is 0 Å². The molecule has 0 aliphatic heterocycles. The number of methoxy groups -OCH3 is 1. The summed E-state index contributed by atoms with van der Waals surface area (Å²) in [4.78, 5) is 25.1. The molecule has 30 heavy (non-hydrogen) atoms. The minimum atomic E-state index is -0.176. The number of carbonyl (C=O) groups is 1. The van der Waals surface area contributed by atoms with Crippen molar-refractivity contribution >= 4 is 11.4 Å². The Balaban J connectivity index is 1.43. The lowest BCUT2D eigenvalue weighted by molar-refractivity contribution is -0.121. The predicted molar refractivity (Wildman–Crippen MR) is 114 cm³/mol. The number of ether oxygens (including phenoxy) is 1. The van der Waals surface area contributed by atoms with Crippen LogP contribution in [0.5, 0.6) is 5.75 Å². The Morgan fingerprint density at radius 1 is 1.07 bits per heavy atom. The fraction of sp³-hybridized carbons (Fsp3) is 0.174. The lowest BCUT2D eigenvalue weighted by Gasteiger charge is -2.10. The molecule has 4 aromatic rings. The second-order valence-corrected chi connectivity index (χ2v) is 6.86. The van der Waals surface area contributed by atoms with E-state index in [9.17, 15) is 9.59 Å². The highest BCUT2D eigenvalue weighted by molar-refractivity contribution is 5.76. The minimum Gasteiger partial charge on any atom is -0.496 e. The molecule has 4 rings (SSSR count). The van der Waals surface area contributed by atoms with Crippen molar-refractivity contribution in [2.24, 2.45) is 0 Å². The third-order valence-corrected chi connectivity index (χ3v) is 4.92. The van der Waals surface area contributed by atoms with Crippen LogP contribution in [0.2, 0.25) is 0 Å². The molecule has 2 heterocycles. The summed E-state index contributed by atoms with van der Waals surface area (Å²) in [7, 11) is 1.60. The van der Waals surface area contributed by atoms with Crippen molar-refractivity contribution in [3.05, 3.63) is 89.0 Å².